The zero-order chi connectivity index (χ0) is 24.7. The molecule has 0 aliphatic rings. The molecule has 0 spiro atoms. The number of rotatable bonds is 5. The Morgan fingerprint density at radius 3 is 2.24 bits per heavy atom. The number of oxazole rings is 1. The normalized spacial score (nSPS) is 12.1. The van der Waals surface area contributed by atoms with Crippen molar-refractivity contribution in [3.05, 3.63) is 77.4 Å². The number of carbonyl (C=O) groups is 1. The first-order valence-electron chi connectivity index (χ1n) is 11.5. The van der Waals surface area contributed by atoms with E-state index in [9.17, 15) is 4.79 Å². The van der Waals surface area contributed by atoms with Gasteiger partial charge >= 0.3 is 0 Å². The van der Waals surface area contributed by atoms with Crippen LogP contribution in [0.25, 0.3) is 22.6 Å². The van der Waals surface area contributed by atoms with Gasteiger partial charge in [0.05, 0.1) is 0 Å². The Bertz CT molecular complexity index is 1340. The molecule has 4 rings (SSSR count). The lowest BCUT2D eigenvalue weighted by molar-refractivity contribution is -0.128. The molecular formula is C29H32N2O3. The molecule has 1 amide bonds. The Morgan fingerprint density at radius 2 is 1.59 bits per heavy atom. The number of nitrogens with one attached hydrogen (secondary N) is 1. The van der Waals surface area contributed by atoms with Crippen molar-refractivity contribution in [3.8, 4) is 17.2 Å². The fourth-order valence-corrected chi connectivity index (χ4v) is 3.65. The maximum atomic E-state index is 13.0. The molecule has 0 bridgehead atoms. The number of aromatic nitrogens is 1. The van der Waals surface area contributed by atoms with Crippen LogP contribution < -0.4 is 10.1 Å². The molecule has 0 aliphatic carbocycles. The molecule has 0 fully saturated rings. The number of ether oxygens (including phenoxy) is 1. The molecule has 0 saturated heterocycles. The van der Waals surface area contributed by atoms with E-state index >= 15 is 0 Å². The lowest BCUT2D eigenvalue weighted by Gasteiger charge is -2.26. The van der Waals surface area contributed by atoms with Gasteiger partial charge in [0.15, 0.2) is 11.2 Å². The van der Waals surface area contributed by atoms with E-state index in [0.29, 0.717) is 28.4 Å². The van der Waals surface area contributed by atoms with Crippen molar-refractivity contribution < 1.29 is 13.9 Å². The summed E-state index contributed by atoms with van der Waals surface area (Å²) >= 11 is 0. The van der Waals surface area contributed by atoms with Crippen LogP contribution in [0.5, 0.6) is 5.75 Å². The minimum absolute atomic E-state index is 0.0589. The van der Waals surface area contributed by atoms with Crippen LogP contribution in [-0.4, -0.2) is 16.5 Å². The summed E-state index contributed by atoms with van der Waals surface area (Å²) < 4.78 is 12.0. The van der Waals surface area contributed by atoms with Gasteiger partial charge in [0.1, 0.15) is 11.3 Å². The van der Waals surface area contributed by atoms with E-state index in [1.165, 1.54) is 16.7 Å². The Labute approximate surface area is 201 Å². The fraction of sp³-hybridized carbons (Fsp3) is 0.310. The van der Waals surface area contributed by atoms with E-state index in [-0.39, 0.29) is 11.3 Å². The molecule has 0 unspecified atom stereocenters. The highest BCUT2D eigenvalue weighted by atomic mass is 16.5. The number of benzene rings is 3. The van der Waals surface area contributed by atoms with Gasteiger partial charge in [0.25, 0.3) is 5.91 Å². The van der Waals surface area contributed by atoms with Crippen LogP contribution in [0.4, 0.5) is 5.69 Å². The minimum atomic E-state index is -1.06. The number of hydrogen-bond donors (Lipinski definition) is 1. The van der Waals surface area contributed by atoms with Gasteiger partial charge in [-0.2, -0.15) is 0 Å². The minimum Gasteiger partial charge on any atom is -0.478 e. The molecule has 176 valence electrons. The first-order valence-corrected chi connectivity index (χ1v) is 11.5. The van der Waals surface area contributed by atoms with Gasteiger partial charge in [0, 0.05) is 11.3 Å². The molecule has 5 nitrogen and oxygen atoms in total. The van der Waals surface area contributed by atoms with Crippen LogP contribution >= 0.6 is 0 Å². The largest absolute Gasteiger partial charge is 0.478 e. The first kappa shape index (κ1) is 23.6. The van der Waals surface area contributed by atoms with E-state index in [1.807, 2.05) is 48.5 Å². The van der Waals surface area contributed by atoms with Gasteiger partial charge in [0.2, 0.25) is 5.89 Å². The third-order valence-electron chi connectivity index (χ3n) is 6.04. The maximum Gasteiger partial charge on any atom is 0.267 e. The number of nitrogens with zero attached hydrogens (tertiary/aromatic N) is 1. The molecule has 1 heterocycles. The van der Waals surface area contributed by atoms with E-state index in [2.05, 4.69) is 57.1 Å². The zero-order valence-electron chi connectivity index (χ0n) is 20.9. The number of anilines is 1. The second-order valence-electron chi connectivity index (χ2n) is 10.3. The van der Waals surface area contributed by atoms with Crippen LogP contribution in [0.15, 0.2) is 65.1 Å². The molecule has 3 aromatic carbocycles. The molecule has 0 atom stereocenters. The van der Waals surface area contributed by atoms with Crippen molar-refractivity contribution in [2.75, 3.05) is 5.32 Å². The number of fused-ring (bicyclic) bond motifs is 1. The summed E-state index contributed by atoms with van der Waals surface area (Å²) in [6.07, 6.45) is 0. The number of amides is 1. The molecule has 4 aromatic rings. The molecule has 1 N–H and O–H groups in total. The van der Waals surface area contributed by atoms with Crippen molar-refractivity contribution in [2.45, 2.75) is 59.5 Å². The molecule has 5 heteroatoms. The summed E-state index contributed by atoms with van der Waals surface area (Å²) in [7, 11) is 0. The molecule has 0 saturated carbocycles. The summed E-state index contributed by atoms with van der Waals surface area (Å²) in [5.41, 5.74) is 5.53. The molecule has 1 aromatic heterocycles. The average Bonchev–Trinajstić information content (AvgIpc) is 3.18. The highest BCUT2D eigenvalue weighted by molar-refractivity contribution is 5.98. The summed E-state index contributed by atoms with van der Waals surface area (Å²) in [5.74, 6) is 0.965. The van der Waals surface area contributed by atoms with Gasteiger partial charge in [-0.3, -0.25) is 4.79 Å². The predicted molar refractivity (Wildman–Crippen MR) is 137 cm³/mol. The van der Waals surface area contributed by atoms with E-state index in [0.717, 1.165) is 5.56 Å². The van der Waals surface area contributed by atoms with Crippen LogP contribution in [0.2, 0.25) is 0 Å². The van der Waals surface area contributed by atoms with E-state index in [4.69, 9.17) is 9.15 Å². The summed E-state index contributed by atoms with van der Waals surface area (Å²) in [6.45, 7) is 14.1. The van der Waals surface area contributed by atoms with Gasteiger partial charge in [-0.1, -0.05) is 39.0 Å². The zero-order valence-corrected chi connectivity index (χ0v) is 20.9. The van der Waals surface area contributed by atoms with E-state index < -0.39 is 5.60 Å². The maximum absolute atomic E-state index is 13.0. The topological polar surface area (TPSA) is 64.4 Å². The summed E-state index contributed by atoms with van der Waals surface area (Å²) in [4.78, 5) is 17.6. The van der Waals surface area contributed by atoms with Gasteiger partial charge in [-0.05, 0) is 92.3 Å². The number of hydrogen-bond acceptors (Lipinski definition) is 4. The smallest absolute Gasteiger partial charge is 0.267 e. The third kappa shape index (κ3) is 4.98. The quantitative estimate of drug-likeness (QED) is 0.345. The molecule has 0 radical (unpaired) electrons. The highest BCUT2D eigenvalue weighted by Crippen LogP contribution is 2.29. The average molecular weight is 457 g/mol. The summed E-state index contributed by atoms with van der Waals surface area (Å²) in [5, 5.41) is 2.95. The molecule has 34 heavy (non-hydrogen) atoms. The standard InChI is InChI=1S/C29H32N2O3/c1-18-8-9-20(16-19(18)2)26-31-24-17-22(12-15-25(24)33-26)30-27(32)29(6,7)34-23-13-10-21(11-14-23)28(3,4)5/h8-17H,1-7H3,(H,30,32). The predicted octanol–water partition coefficient (Wildman–Crippen LogP) is 7.21. The Balaban J connectivity index is 1.49. The number of carbonyl (C=O) groups excluding carboxylic acids is 1. The Kier molecular flexibility index (Phi) is 5.98. The fourth-order valence-electron chi connectivity index (χ4n) is 3.65. The van der Waals surface area contributed by atoms with Crippen LogP contribution in [0.3, 0.4) is 0 Å². The monoisotopic (exact) mass is 456 g/mol. The van der Waals surface area contributed by atoms with Crippen LogP contribution in [0, 0.1) is 13.8 Å². The van der Waals surface area contributed by atoms with Crippen molar-refractivity contribution in [1.82, 2.24) is 4.98 Å². The number of aryl methyl sites for hydroxylation is 2. The van der Waals surface area contributed by atoms with Crippen molar-refractivity contribution >= 4 is 22.7 Å². The SMILES string of the molecule is Cc1ccc(-c2nc3cc(NC(=O)C(C)(C)Oc4ccc(C(C)(C)C)cc4)ccc3o2)cc1C. The van der Waals surface area contributed by atoms with Gasteiger partial charge < -0.3 is 14.5 Å². The third-order valence-corrected chi connectivity index (χ3v) is 6.04. The van der Waals surface area contributed by atoms with Gasteiger partial charge in [-0.25, -0.2) is 4.98 Å². The first-order chi connectivity index (χ1) is 15.9. The van der Waals surface area contributed by atoms with Crippen LogP contribution in [-0.2, 0) is 10.2 Å². The Morgan fingerprint density at radius 1 is 0.882 bits per heavy atom. The lowest BCUT2D eigenvalue weighted by Crippen LogP contribution is -2.42. The second kappa shape index (κ2) is 8.64. The lowest BCUT2D eigenvalue weighted by atomic mass is 9.87. The van der Waals surface area contributed by atoms with Crippen LogP contribution in [0.1, 0.15) is 51.3 Å². The van der Waals surface area contributed by atoms with Gasteiger partial charge in [-0.15, -0.1) is 0 Å². The second-order valence-corrected chi connectivity index (χ2v) is 10.3. The van der Waals surface area contributed by atoms with Crippen molar-refractivity contribution in [2.24, 2.45) is 0 Å². The highest BCUT2D eigenvalue weighted by Gasteiger charge is 2.30. The van der Waals surface area contributed by atoms with Crippen molar-refractivity contribution in [1.29, 1.82) is 0 Å². The van der Waals surface area contributed by atoms with Crippen molar-refractivity contribution in [3.63, 3.8) is 0 Å². The molecular weight excluding hydrogens is 424 g/mol. The van der Waals surface area contributed by atoms with E-state index in [1.54, 1.807) is 13.8 Å². The summed E-state index contributed by atoms with van der Waals surface area (Å²) in [6, 6.07) is 19.5. The molecule has 0 aliphatic heterocycles. The Hall–Kier alpha value is -3.60.